The summed E-state index contributed by atoms with van der Waals surface area (Å²) in [6.45, 7) is 2.27. The van der Waals surface area contributed by atoms with Crippen molar-refractivity contribution in [1.82, 2.24) is 19.9 Å². The maximum absolute atomic E-state index is 5.03. The zero-order chi connectivity index (χ0) is 14.3. The van der Waals surface area contributed by atoms with Crippen LogP contribution in [0.5, 0.6) is 0 Å². The summed E-state index contributed by atoms with van der Waals surface area (Å²) in [7, 11) is 0. The monoisotopic (exact) mass is 284 g/mol. The Kier molecular flexibility index (Phi) is 4.38. The molecule has 0 bridgehead atoms. The van der Waals surface area contributed by atoms with Crippen molar-refractivity contribution in [3.05, 3.63) is 66.8 Å². The maximum atomic E-state index is 5.03. The van der Waals surface area contributed by atoms with Gasteiger partial charge in [-0.15, -0.1) is 0 Å². The molecule has 3 rings (SSSR count). The zero-order valence-corrected chi connectivity index (χ0v) is 11.6. The summed E-state index contributed by atoms with van der Waals surface area (Å²) in [5, 5.41) is 0. The van der Waals surface area contributed by atoms with Crippen molar-refractivity contribution in [2.24, 2.45) is 0 Å². The van der Waals surface area contributed by atoms with Crippen LogP contribution in [-0.4, -0.2) is 26.4 Å². The molecule has 0 N–H and O–H groups in total. The summed E-state index contributed by atoms with van der Waals surface area (Å²) in [6, 6.07) is 5.96. The first-order valence-electron chi connectivity index (χ1n) is 6.76. The van der Waals surface area contributed by atoms with Gasteiger partial charge in [0.1, 0.15) is 12.5 Å². The van der Waals surface area contributed by atoms with E-state index in [4.69, 9.17) is 8.83 Å². The van der Waals surface area contributed by atoms with Crippen molar-refractivity contribution in [3.63, 3.8) is 0 Å². The van der Waals surface area contributed by atoms with Crippen molar-refractivity contribution >= 4 is 0 Å². The van der Waals surface area contributed by atoms with E-state index < -0.39 is 0 Å². The Balaban J connectivity index is 1.63. The van der Waals surface area contributed by atoms with Gasteiger partial charge < -0.3 is 8.83 Å². The van der Waals surface area contributed by atoms with Crippen LogP contribution in [0.25, 0.3) is 0 Å². The van der Waals surface area contributed by atoms with E-state index in [9.17, 15) is 0 Å². The number of rotatable bonds is 7. The van der Waals surface area contributed by atoms with E-state index in [2.05, 4.69) is 19.9 Å². The first-order chi connectivity index (χ1) is 10.4. The van der Waals surface area contributed by atoms with Crippen LogP contribution < -0.4 is 0 Å². The summed E-state index contributed by atoms with van der Waals surface area (Å²) in [5.41, 5.74) is 2.88. The first-order valence-corrected chi connectivity index (χ1v) is 6.76. The van der Waals surface area contributed by atoms with Gasteiger partial charge in [0.05, 0.1) is 11.4 Å². The van der Waals surface area contributed by atoms with E-state index in [1.165, 1.54) is 12.8 Å². The zero-order valence-electron chi connectivity index (χ0n) is 11.6. The third kappa shape index (κ3) is 4.00. The smallest absolute Gasteiger partial charge is 0.180 e. The van der Waals surface area contributed by atoms with Gasteiger partial charge in [0.25, 0.3) is 0 Å². The summed E-state index contributed by atoms with van der Waals surface area (Å²) in [4.78, 5) is 14.9. The number of hydrogen-bond acceptors (Lipinski definition) is 6. The quantitative estimate of drug-likeness (QED) is 0.663. The largest absolute Gasteiger partial charge is 0.451 e. The van der Waals surface area contributed by atoms with Gasteiger partial charge in [0.15, 0.2) is 12.8 Å². The Morgan fingerprint density at radius 3 is 2.10 bits per heavy atom. The minimum Gasteiger partial charge on any atom is -0.451 e. The fraction of sp³-hybridized carbons (Fsp3) is 0.267. The Labute approximate surface area is 122 Å². The molecule has 0 amide bonds. The second kappa shape index (κ2) is 6.81. The van der Waals surface area contributed by atoms with Gasteiger partial charge >= 0.3 is 0 Å². The molecular weight excluding hydrogens is 268 g/mol. The molecule has 0 aliphatic rings. The molecule has 0 fully saturated rings. The summed E-state index contributed by atoms with van der Waals surface area (Å²) in [5.74, 6) is 0. The van der Waals surface area contributed by atoms with Crippen LogP contribution in [0.1, 0.15) is 17.1 Å². The first kappa shape index (κ1) is 13.5. The predicted molar refractivity (Wildman–Crippen MR) is 75.1 cm³/mol. The number of oxazole rings is 2. The highest BCUT2D eigenvalue weighted by molar-refractivity contribution is 5.04. The molecule has 0 spiro atoms. The molecule has 3 heterocycles. The molecule has 0 radical (unpaired) electrons. The number of hydrogen-bond donors (Lipinski definition) is 0. The van der Waals surface area contributed by atoms with Gasteiger partial charge in [-0.25, -0.2) is 9.97 Å². The third-order valence-electron chi connectivity index (χ3n) is 3.15. The SMILES string of the molecule is c1ccc(CCN(Cc2cocn2)Cc2cocn2)nc1. The van der Waals surface area contributed by atoms with Gasteiger partial charge in [-0.3, -0.25) is 9.88 Å². The van der Waals surface area contributed by atoms with E-state index in [0.29, 0.717) is 13.1 Å². The number of aromatic nitrogens is 3. The standard InChI is InChI=1S/C15H16N4O2/c1-2-5-16-13(3-1)4-6-19(7-14-9-20-11-17-14)8-15-10-21-12-18-15/h1-3,5,9-12H,4,6-8H2. The molecule has 0 aromatic carbocycles. The van der Waals surface area contributed by atoms with Gasteiger partial charge in [-0.2, -0.15) is 0 Å². The maximum Gasteiger partial charge on any atom is 0.180 e. The predicted octanol–water partition coefficient (Wildman–Crippen LogP) is 2.30. The van der Waals surface area contributed by atoms with Crippen LogP contribution in [0.2, 0.25) is 0 Å². The van der Waals surface area contributed by atoms with E-state index in [-0.39, 0.29) is 0 Å². The molecule has 0 atom stereocenters. The topological polar surface area (TPSA) is 68.2 Å². The fourth-order valence-corrected chi connectivity index (χ4v) is 2.12. The van der Waals surface area contributed by atoms with Crippen molar-refractivity contribution < 1.29 is 8.83 Å². The van der Waals surface area contributed by atoms with Crippen LogP contribution in [0.15, 0.2) is 58.5 Å². The second-order valence-corrected chi connectivity index (χ2v) is 4.74. The highest BCUT2D eigenvalue weighted by atomic mass is 16.3. The summed E-state index contributed by atoms with van der Waals surface area (Å²) in [6.07, 6.45) is 8.91. The van der Waals surface area contributed by atoms with Gasteiger partial charge in [-0.1, -0.05) is 6.07 Å². The van der Waals surface area contributed by atoms with E-state index in [0.717, 1.165) is 30.0 Å². The average molecular weight is 284 g/mol. The normalized spacial score (nSPS) is 11.1. The molecule has 0 aliphatic heterocycles. The molecule has 0 unspecified atom stereocenters. The van der Waals surface area contributed by atoms with Crippen molar-refractivity contribution in [3.8, 4) is 0 Å². The Morgan fingerprint density at radius 1 is 0.857 bits per heavy atom. The summed E-state index contributed by atoms with van der Waals surface area (Å²) < 4.78 is 10.1. The lowest BCUT2D eigenvalue weighted by Crippen LogP contribution is -2.26. The van der Waals surface area contributed by atoms with Crippen molar-refractivity contribution in [2.75, 3.05) is 6.54 Å². The van der Waals surface area contributed by atoms with Gasteiger partial charge in [0.2, 0.25) is 0 Å². The molecule has 6 nitrogen and oxygen atoms in total. The summed E-state index contributed by atoms with van der Waals surface area (Å²) >= 11 is 0. The molecule has 3 aromatic rings. The second-order valence-electron chi connectivity index (χ2n) is 4.74. The number of pyridine rings is 1. The lowest BCUT2D eigenvalue weighted by Gasteiger charge is -2.19. The third-order valence-corrected chi connectivity index (χ3v) is 3.15. The van der Waals surface area contributed by atoms with Crippen LogP contribution in [0.4, 0.5) is 0 Å². The molecule has 108 valence electrons. The molecule has 6 heteroatoms. The van der Waals surface area contributed by atoms with E-state index in [1.807, 2.05) is 24.4 Å². The Hall–Kier alpha value is -2.47. The van der Waals surface area contributed by atoms with Crippen LogP contribution in [-0.2, 0) is 19.5 Å². The Morgan fingerprint density at radius 2 is 1.57 bits per heavy atom. The lowest BCUT2D eigenvalue weighted by atomic mass is 10.2. The van der Waals surface area contributed by atoms with Crippen molar-refractivity contribution in [1.29, 1.82) is 0 Å². The molecule has 0 saturated heterocycles. The highest BCUT2D eigenvalue weighted by Crippen LogP contribution is 2.09. The van der Waals surface area contributed by atoms with Crippen LogP contribution in [0.3, 0.4) is 0 Å². The van der Waals surface area contributed by atoms with Crippen LogP contribution >= 0.6 is 0 Å². The molecule has 0 aliphatic carbocycles. The van der Waals surface area contributed by atoms with Crippen LogP contribution in [0, 0.1) is 0 Å². The van der Waals surface area contributed by atoms with Gasteiger partial charge in [0, 0.05) is 37.9 Å². The van der Waals surface area contributed by atoms with Crippen molar-refractivity contribution in [2.45, 2.75) is 19.5 Å². The molecule has 3 aromatic heterocycles. The average Bonchev–Trinajstić information content (AvgIpc) is 3.20. The highest BCUT2D eigenvalue weighted by Gasteiger charge is 2.11. The minimum absolute atomic E-state index is 0.705. The molecule has 21 heavy (non-hydrogen) atoms. The van der Waals surface area contributed by atoms with Gasteiger partial charge in [-0.05, 0) is 12.1 Å². The van der Waals surface area contributed by atoms with E-state index in [1.54, 1.807) is 12.5 Å². The lowest BCUT2D eigenvalue weighted by molar-refractivity contribution is 0.253. The number of nitrogens with zero attached hydrogens (tertiary/aromatic N) is 4. The molecular formula is C15H16N4O2. The van der Waals surface area contributed by atoms with E-state index >= 15 is 0 Å². The Bertz CT molecular complexity index is 587. The fourth-order valence-electron chi connectivity index (χ4n) is 2.12. The minimum atomic E-state index is 0.705. The molecule has 0 saturated carbocycles.